The molecule has 0 radical (unpaired) electrons. The van der Waals surface area contributed by atoms with Gasteiger partial charge in [0.25, 0.3) is 0 Å². The molecular weight excluding hydrogens is 144 g/mol. The van der Waals surface area contributed by atoms with Gasteiger partial charge in [-0.2, -0.15) is 14.9 Å². The monoisotopic (exact) mass is 154 g/mol. The van der Waals surface area contributed by atoms with Crippen LogP contribution in [0.15, 0.2) is 16.2 Å². The Hall–Kier alpha value is -1.39. The molecular formula is C6H10N4O. The molecule has 0 saturated heterocycles. The molecule has 60 valence electrons. The minimum atomic E-state index is -0.318. The van der Waals surface area contributed by atoms with Gasteiger partial charge in [0.15, 0.2) is 0 Å². The number of rotatable bonds is 2. The second kappa shape index (κ2) is 3.14. The SMILES string of the molecule is CC(C)/C=N/n1cn[nH]c1=O. The van der Waals surface area contributed by atoms with Crippen LogP contribution in [0.25, 0.3) is 0 Å². The van der Waals surface area contributed by atoms with Crippen LogP contribution in [0.5, 0.6) is 0 Å². The first-order valence-corrected chi connectivity index (χ1v) is 3.36. The van der Waals surface area contributed by atoms with Crippen LogP contribution in [0, 0.1) is 5.92 Å². The lowest BCUT2D eigenvalue weighted by atomic mass is 10.3. The summed E-state index contributed by atoms with van der Waals surface area (Å²) in [7, 11) is 0. The van der Waals surface area contributed by atoms with E-state index < -0.39 is 0 Å². The summed E-state index contributed by atoms with van der Waals surface area (Å²) in [5, 5.41) is 9.60. The highest BCUT2D eigenvalue weighted by atomic mass is 16.2. The van der Waals surface area contributed by atoms with E-state index in [4.69, 9.17) is 0 Å². The Kier molecular flexibility index (Phi) is 2.20. The highest BCUT2D eigenvalue weighted by Crippen LogP contribution is 1.84. The topological polar surface area (TPSA) is 63.0 Å². The standard InChI is InChI=1S/C6H10N4O/c1-5(2)3-8-10-4-7-9-6(10)11/h3-5H,1-2H3,(H,9,11)/b8-3+. The Balaban J connectivity index is 2.79. The van der Waals surface area contributed by atoms with Gasteiger partial charge in [-0.05, 0) is 5.92 Å². The molecule has 5 heteroatoms. The highest BCUT2D eigenvalue weighted by molar-refractivity contribution is 5.59. The van der Waals surface area contributed by atoms with Gasteiger partial charge in [0.1, 0.15) is 6.33 Å². The molecule has 0 amide bonds. The van der Waals surface area contributed by atoms with Crippen molar-refractivity contribution in [2.45, 2.75) is 13.8 Å². The molecule has 0 fully saturated rings. The van der Waals surface area contributed by atoms with E-state index in [1.54, 1.807) is 6.21 Å². The predicted octanol–water partition coefficient (Wildman–Crippen LogP) is 0.0613. The van der Waals surface area contributed by atoms with Crippen LogP contribution in [-0.4, -0.2) is 21.1 Å². The first-order chi connectivity index (χ1) is 5.20. The van der Waals surface area contributed by atoms with E-state index in [9.17, 15) is 4.79 Å². The van der Waals surface area contributed by atoms with Crippen molar-refractivity contribution in [3.05, 3.63) is 16.8 Å². The van der Waals surface area contributed by atoms with E-state index in [-0.39, 0.29) is 5.69 Å². The summed E-state index contributed by atoms with van der Waals surface area (Å²) in [4.78, 5) is 10.8. The fourth-order valence-electron chi connectivity index (χ4n) is 0.530. The van der Waals surface area contributed by atoms with Crippen molar-refractivity contribution in [2.24, 2.45) is 11.0 Å². The third-order valence-corrected chi connectivity index (χ3v) is 1.02. The molecule has 1 aromatic rings. The van der Waals surface area contributed by atoms with E-state index in [2.05, 4.69) is 15.3 Å². The molecule has 1 rings (SSSR count). The number of nitrogens with one attached hydrogen (secondary N) is 1. The fourth-order valence-corrected chi connectivity index (χ4v) is 0.530. The second-order valence-corrected chi connectivity index (χ2v) is 2.51. The van der Waals surface area contributed by atoms with Gasteiger partial charge < -0.3 is 0 Å². The minimum absolute atomic E-state index is 0.318. The van der Waals surface area contributed by atoms with Crippen molar-refractivity contribution in [1.82, 2.24) is 14.9 Å². The van der Waals surface area contributed by atoms with Gasteiger partial charge >= 0.3 is 5.69 Å². The minimum Gasteiger partial charge on any atom is -0.244 e. The Labute approximate surface area is 63.7 Å². The van der Waals surface area contributed by atoms with E-state index in [0.29, 0.717) is 5.92 Å². The number of H-pyrrole nitrogens is 1. The van der Waals surface area contributed by atoms with Gasteiger partial charge in [0.05, 0.1) is 0 Å². The van der Waals surface area contributed by atoms with Crippen LogP contribution in [-0.2, 0) is 0 Å². The Bertz CT molecular complexity index is 296. The average Bonchev–Trinajstić information content (AvgIpc) is 2.31. The first-order valence-electron chi connectivity index (χ1n) is 3.36. The summed E-state index contributed by atoms with van der Waals surface area (Å²) in [5.41, 5.74) is -0.318. The normalized spacial score (nSPS) is 11.5. The van der Waals surface area contributed by atoms with Gasteiger partial charge in [-0.1, -0.05) is 13.8 Å². The van der Waals surface area contributed by atoms with Crippen LogP contribution in [0.4, 0.5) is 0 Å². The molecule has 11 heavy (non-hydrogen) atoms. The largest absolute Gasteiger partial charge is 0.363 e. The number of nitrogens with zero attached hydrogens (tertiary/aromatic N) is 3. The zero-order valence-corrected chi connectivity index (χ0v) is 6.48. The van der Waals surface area contributed by atoms with Gasteiger partial charge in [0, 0.05) is 6.21 Å². The number of hydrogen-bond donors (Lipinski definition) is 1. The third-order valence-electron chi connectivity index (χ3n) is 1.02. The van der Waals surface area contributed by atoms with Crippen molar-refractivity contribution < 1.29 is 0 Å². The third kappa shape index (κ3) is 2.03. The Morgan fingerprint density at radius 3 is 3.00 bits per heavy atom. The van der Waals surface area contributed by atoms with Crippen LogP contribution in [0.3, 0.4) is 0 Å². The van der Waals surface area contributed by atoms with Crippen molar-refractivity contribution in [2.75, 3.05) is 0 Å². The van der Waals surface area contributed by atoms with Crippen molar-refractivity contribution in [3.63, 3.8) is 0 Å². The molecule has 0 atom stereocenters. The van der Waals surface area contributed by atoms with Gasteiger partial charge in [-0.25, -0.2) is 9.89 Å². The number of aromatic nitrogens is 3. The van der Waals surface area contributed by atoms with E-state index in [1.807, 2.05) is 13.8 Å². The summed E-state index contributed by atoms with van der Waals surface area (Å²) >= 11 is 0. The molecule has 0 saturated carbocycles. The second-order valence-electron chi connectivity index (χ2n) is 2.51. The van der Waals surface area contributed by atoms with Gasteiger partial charge in [-0.3, -0.25) is 0 Å². The molecule has 1 N–H and O–H groups in total. The summed E-state index contributed by atoms with van der Waals surface area (Å²) in [6.45, 7) is 3.96. The van der Waals surface area contributed by atoms with Crippen molar-refractivity contribution in [1.29, 1.82) is 0 Å². The van der Waals surface area contributed by atoms with Gasteiger partial charge in [0.2, 0.25) is 0 Å². The smallest absolute Gasteiger partial charge is 0.244 e. The number of aromatic amines is 1. The van der Waals surface area contributed by atoms with Gasteiger partial charge in [-0.15, -0.1) is 0 Å². The lowest BCUT2D eigenvalue weighted by molar-refractivity contribution is 0.805. The molecule has 5 nitrogen and oxygen atoms in total. The molecule has 0 aliphatic carbocycles. The first kappa shape index (κ1) is 7.71. The lowest BCUT2D eigenvalue weighted by Gasteiger charge is -1.91. The lowest BCUT2D eigenvalue weighted by Crippen LogP contribution is -2.12. The van der Waals surface area contributed by atoms with Crippen molar-refractivity contribution in [3.8, 4) is 0 Å². The molecule has 0 bridgehead atoms. The summed E-state index contributed by atoms with van der Waals surface area (Å²) in [6, 6.07) is 0. The quantitative estimate of drug-likeness (QED) is 0.612. The zero-order chi connectivity index (χ0) is 8.27. The molecule has 1 heterocycles. The van der Waals surface area contributed by atoms with Crippen molar-refractivity contribution >= 4 is 6.21 Å². The molecule has 0 aliphatic heterocycles. The number of hydrogen-bond acceptors (Lipinski definition) is 3. The summed E-state index contributed by atoms with van der Waals surface area (Å²) < 4.78 is 1.15. The van der Waals surface area contributed by atoms with E-state index in [1.165, 1.54) is 6.33 Å². The van der Waals surface area contributed by atoms with E-state index >= 15 is 0 Å². The maximum absolute atomic E-state index is 10.8. The maximum Gasteiger partial charge on any atom is 0.363 e. The van der Waals surface area contributed by atoms with Crippen LogP contribution in [0.1, 0.15) is 13.8 Å². The Morgan fingerprint density at radius 1 is 1.82 bits per heavy atom. The zero-order valence-electron chi connectivity index (χ0n) is 6.48. The molecule has 0 aliphatic rings. The molecule has 0 spiro atoms. The molecule has 1 aromatic heterocycles. The van der Waals surface area contributed by atoms with Crippen LogP contribution < -0.4 is 5.69 Å². The van der Waals surface area contributed by atoms with E-state index in [0.717, 1.165) is 4.68 Å². The maximum atomic E-state index is 10.8. The fraction of sp³-hybridized carbons (Fsp3) is 0.500. The van der Waals surface area contributed by atoms with Crippen LogP contribution in [0.2, 0.25) is 0 Å². The molecule has 0 aromatic carbocycles. The summed E-state index contributed by atoms with van der Waals surface area (Å²) in [5.74, 6) is 0.330. The van der Waals surface area contributed by atoms with Crippen LogP contribution >= 0.6 is 0 Å². The average molecular weight is 154 g/mol. The Morgan fingerprint density at radius 2 is 2.55 bits per heavy atom. The highest BCUT2D eigenvalue weighted by Gasteiger charge is 1.91. The molecule has 0 unspecified atom stereocenters. The summed E-state index contributed by atoms with van der Waals surface area (Å²) in [6.07, 6.45) is 3.01. The predicted molar refractivity (Wildman–Crippen MR) is 41.6 cm³/mol.